The molecule has 0 aliphatic carbocycles. The lowest BCUT2D eigenvalue weighted by Crippen LogP contribution is -1.94. The monoisotopic (exact) mass is 332 g/mol. The highest BCUT2D eigenvalue weighted by Crippen LogP contribution is 2.35. The minimum atomic E-state index is 0.328. The van der Waals surface area contributed by atoms with E-state index < -0.39 is 0 Å². The van der Waals surface area contributed by atoms with Gasteiger partial charge < -0.3 is 14.2 Å². The largest absolute Gasteiger partial charge is 0.497 e. The van der Waals surface area contributed by atoms with Gasteiger partial charge >= 0.3 is 0 Å². The predicted molar refractivity (Wildman–Crippen MR) is 91.3 cm³/mol. The molecule has 0 aliphatic rings. The molecule has 0 radical (unpaired) electrons. The SMILES string of the molecule is COc1cccc(/C(C=O)=C(\Cl)c2ccc(OC)c(OC)c2)c1. The van der Waals surface area contributed by atoms with Crippen LogP contribution in [0.2, 0.25) is 0 Å². The number of allylic oxidation sites excluding steroid dienone is 1. The van der Waals surface area contributed by atoms with E-state index in [0.717, 1.165) is 6.29 Å². The van der Waals surface area contributed by atoms with Gasteiger partial charge in [0.15, 0.2) is 17.8 Å². The van der Waals surface area contributed by atoms with Gasteiger partial charge in [-0.2, -0.15) is 0 Å². The van der Waals surface area contributed by atoms with Crippen molar-refractivity contribution in [2.24, 2.45) is 0 Å². The molecular formula is C18H17ClO4. The maximum atomic E-state index is 11.6. The summed E-state index contributed by atoms with van der Waals surface area (Å²) in [6, 6.07) is 12.4. The summed E-state index contributed by atoms with van der Waals surface area (Å²) in [5, 5.41) is 0.328. The molecule has 5 heteroatoms. The van der Waals surface area contributed by atoms with Crippen molar-refractivity contribution in [1.29, 1.82) is 0 Å². The molecule has 0 aliphatic heterocycles. The Bertz CT molecular complexity index is 738. The van der Waals surface area contributed by atoms with Crippen LogP contribution in [0, 0.1) is 0 Å². The van der Waals surface area contributed by atoms with Crippen LogP contribution in [0.1, 0.15) is 11.1 Å². The Hall–Kier alpha value is -2.46. The normalized spacial score (nSPS) is 11.5. The van der Waals surface area contributed by atoms with Crippen LogP contribution in [0.4, 0.5) is 0 Å². The highest BCUT2D eigenvalue weighted by molar-refractivity contribution is 6.55. The molecule has 0 unspecified atom stereocenters. The fraction of sp³-hybridized carbons (Fsp3) is 0.167. The smallest absolute Gasteiger partial charge is 0.161 e. The summed E-state index contributed by atoms with van der Waals surface area (Å²) in [7, 11) is 4.67. The van der Waals surface area contributed by atoms with Gasteiger partial charge in [-0.1, -0.05) is 23.7 Å². The van der Waals surface area contributed by atoms with E-state index in [-0.39, 0.29) is 0 Å². The van der Waals surface area contributed by atoms with Gasteiger partial charge in [-0.15, -0.1) is 0 Å². The predicted octanol–water partition coefficient (Wildman–Crippen LogP) is 4.02. The fourth-order valence-electron chi connectivity index (χ4n) is 2.17. The fourth-order valence-corrected chi connectivity index (χ4v) is 2.44. The maximum absolute atomic E-state index is 11.6. The first-order chi connectivity index (χ1) is 11.1. The van der Waals surface area contributed by atoms with Crippen molar-refractivity contribution in [2.75, 3.05) is 21.3 Å². The summed E-state index contributed by atoms with van der Waals surface area (Å²) in [5.74, 6) is 1.78. The lowest BCUT2D eigenvalue weighted by molar-refractivity contribution is -0.103. The van der Waals surface area contributed by atoms with E-state index in [9.17, 15) is 4.79 Å². The van der Waals surface area contributed by atoms with Crippen molar-refractivity contribution in [3.63, 3.8) is 0 Å². The third kappa shape index (κ3) is 3.66. The number of hydrogen-bond donors (Lipinski definition) is 0. The van der Waals surface area contributed by atoms with Gasteiger partial charge in [0.2, 0.25) is 0 Å². The van der Waals surface area contributed by atoms with Crippen LogP contribution in [0.3, 0.4) is 0 Å². The molecule has 0 N–H and O–H groups in total. The molecule has 0 amide bonds. The van der Waals surface area contributed by atoms with E-state index in [1.807, 2.05) is 0 Å². The van der Waals surface area contributed by atoms with Crippen molar-refractivity contribution < 1.29 is 19.0 Å². The molecule has 2 aromatic carbocycles. The third-order valence-corrected chi connectivity index (χ3v) is 3.79. The van der Waals surface area contributed by atoms with E-state index in [4.69, 9.17) is 25.8 Å². The standard InChI is InChI=1S/C18H17ClO4/c1-21-14-6-4-5-12(9-14)15(11-20)18(19)13-7-8-16(22-2)17(10-13)23-3/h4-11H,1-3H3/b18-15-. The van der Waals surface area contributed by atoms with E-state index in [1.54, 1.807) is 63.8 Å². The van der Waals surface area contributed by atoms with E-state index in [1.165, 1.54) is 0 Å². The van der Waals surface area contributed by atoms with Gasteiger partial charge in [-0.3, -0.25) is 4.79 Å². The molecule has 0 bridgehead atoms. The second-order valence-corrected chi connectivity index (χ2v) is 5.03. The molecule has 0 spiro atoms. The van der Waals surface area contributed by atoms with Crippen LogP contribution in [0.15, 0.2) is 42.5 Å². The molecule has 0 heterocycles. The number of hydrogen-bond acceptors (Lipinski definition) is 4. The molecule has 2 aromatic rings. The molecule has 0 saturated heterocycles. The topological polar surface area (TPSA) is 44.8 Å². The second-order valence-electron chi connectivity index (χ2n) is 4.65. The van der Waals surface area contributed by atoms with Crippen LogP contribution >= 0.6 is 11.6 Å². The Kier molecular flexibility index (Phi) is 5.66. The van der Waals surface area contributed by atoms with Crippen LogP contribution in [0.5, 0.6) is 17.2 Å². The van der Waals surface area contributed by atoms with Gasteiger partial charge in [0.05, 0.1) is 26.4 Å². The molecule has 0 aromatic heterocycles. The van der Waals surface area contributed by atoms with Crippen molar-refractivity contribution in [3.8, 4) is 17.2 Å². The zero-order valence-corrected chi connectivity index (χ0v) is 13.9. The summed E-state index contributed by atoms with van der Waals surface area (Å²) in [4.78, 5) is 11.6. The van der Waals surface area contributed by atoms with Crippen LogP contribution in [-0.2, 0) is 4.79 Å². The van der Waals surface area contributed by atoms with Crippen molar-refractivity contribution in [2.45, 2.75) is 0 Å². The molecule has 120 valence electrons. The number of rotatable bonds is 6. The van der Waals surface area contributed by atoms with Crippen molar-refractivity contribution in [1.82, 2.24) is 0 Å². The molecule has 0 saturated carbocycles. The minimum absolute atomic E-state index is 0.328. The number of aldehydes is 1. The zero-order valence-electron chi connectivity index (χ0n) is 13.1. The van der Waals surface area contributed by atoms with E-state index in [0.29, 0.717) is 39.0 Å². The summed E-state index contributed by atoms with van der Waals surface area (Å²) >= 11 is 6.44. The Labute approximate surface area is 140 Å². The summed E-state index contributed by atoms with van der Waals surface area (Å²) in [5.41, 5.74) is 1.71. The van der Waals surface area contributed by atoms with Crippen molar-refractivity contribution in [3.05, 3.63) is 53.6 Å². The maximum Gasteiger partial charge on any atom is 0.161 e. The van der Waals surface area contributed by atoms with E-state index in [2.05, 4.69) is 0 Å². The lowest BCUT2D eigenvalue weighted by atomic mass is 10.0. The lowest BCUT2D eigenvalue weighted by Gasteiger charge is -2.11. The van der Waals surface area contributed by atoms with Crippen LogP contribution < -0.4 is 14.2 Å². The molecule has 23 heavy (non-hydrogen) atoms. The first-order valence-corrected chi connectivity index (χ1v) is 7.24. The Morgan fingerprint density at radius 3 is 2.26 bits per heavy atom. The molecule has 2 rings (SSSR count). The van der Waals surface area contributed by atoms with Crippen molar-refractivity contribution >= 4 is 28.5 Å². The van der Waals surface area contributed by atoms with Gasteiger partial charge in [0.1, 0.15) is 5.75 Å². The minimum Gasteiger partial charge on any atom is -0.497 e. The van der Waals surface area contributed by atoms with E-state index >= 15 is 0 Å². The second kappa shape index (κ2) is 7.70. The first kappa shape index (κ1) is 16.9. The first-order valence-electron chi connectivity index (χ1n) is 6.86. The third-order valence-electron chi connectivity index (χ3n) is 3.37. The zero-order chi connectivity index (χ0) is 16.8. The average molecular weight is 333 g/mol. The Balaban J connectivity index is 2.54. The summed E-state index contributed by atoms with van der Waals surface area (Å²) in [6.45, 7) is 0. The summed E-state index contributed by atoms with van der Waals surface area (Å²) < 4.78 is 15.7. The van der Waals surface area contributed by atoms with Gasteiger partial charge in [0.25, 0.3) is 0 Å². The highest BCUT2D eigenvalue weighted by Gasteiger charge is 2.13. The van der Waals surface area contributed by atoms with Crippen LogP contribution in [0.25, 0.3) is 10.6 Å². The Morgan fingerprint density at radius 2 is 1.65 bits per heavy atom. The number of ether oxygens (including phenoxy) is 3. The highest BCUT2D eigenvalue weighted by atomic mass is 35.5. The number of carbonyl (C=O) groups excluding carboxylic acids is 1. The van der Waals surface area contributed by atoms with Gasteiger partial charge in [0, 0.05) is 5.57 Å². The van der Waals surface area contributed by atoms with Crippen LogP contribution in [-0.4, -0.2) is 27.6 Å². The quantitative estimate of drug-likeness (QED) is 0.455. The number of benzene rings is 2. The van der Waals surface area contributed by atoms with Gasteiger partial charge in [-0.25, -0.2) is 0 Å². The molecule has 0 atom stereocenters. The number of carbonyl (C=O) groups is 1. The molecule has 0 fully saturated rings. The number of halogens is 1. The molecular weight excluding hydrogens is 316 g/mol. The van der Waals surface area contributed by atoms with Gasteiger partial charge in [-0.05, 0) is 41.5 Å². The number of methoxy groups -OCH3 is 3. The average Bonchev–Trinajstić information content (AvgIpc) is 2.61. The Morgan fingerprint density at radius 1 is 0.913 bits per heavy atom. The summed E-state index contributed by atoms with van der Waals surface area (Å²) in [6.07, 6.45) is 0.730. The molecule has 4 nitrogen and oxygen atoms in total.